The summed E-state index contributed by atoms with van der Waals surface area (Å²) >= 11 is 5.34. The van der Waals surface area contributed by atoms with Crippen LogP contribution < -0.4 is 20.7 Å². The van der Waals surface area contributed by atoms with Crippen molar-refractivity contribution in [3.63, 3.8) is 0 Å². The van der Waals surface area contributed by atoms with E-state index in [4.69, 9.17) is 17.0 Å². The summed E-state index contributed by atoms with van der Waals surface area (Å²) in [5.41, 5.74) is 3.60. The van der Waals surface area contributed by atoms with Gasteiger partial charge in [-0.2, -0.15) is 0 Å². The van der Waals surface area contributed by atoms with Gasteiger partial charge in [0.05, 0.1) is 6.61 Å². The topological polar surface area (TPSA) is 79.5 Å². The smallest absolute Gasteiger partial charge is 0.255 e. The summed E-state index contributed by atoms with van der Waals surface area (Å²) < 4.78 is 5.92. The van der Waals surface area contributed by atoms with Crippen molar-refractivity contribution in [1.82, 2.24) is 5.32 Å². The molecule has 2 amide bonds. The molecule has 0 aliphatic heterocycles. The Bertz CT molecular complexity index is 1210. The van der Waals surface area contributed by atoms with Gasteiger partial charge in [-0.05, 0) is 92.5 Å². The number of nitrogens with one attached hydrogen (secondary N) is 3. The van der Waals surface area contributed by atoms with Gasteiger partial charge < -0.3 is 20.7 Å². The lowest BCUT2D eigenvalue weighted by Crippen LogP contribution is -2.42. The third-order valence-electron chi connectivity index (χ3n) is 5.83. The number of amides is 2. The van der Waals surface area contributed by atoms with Gasteiger partial charge in [-0.1, -0.05) is 44.2 Å². The number of hydrogen-bond donors (Lipinski definition) is 3. The molecule has 3 rings (SSSR count). The minimum absolute atomic E-state index is 0.154. The van der Waals surface area contributed by atoms with Crippen LogP contribution in [0.15, 0.2) is 72.8 Å². The van der Waals surface area contributed by atoms with Crippen molar-refractivity contribution < 1.29 is 14.3 Å². The van der Waals surface area contributed by atoms with Gasteiger partial charge in [0.1, 0.15) is 5.75 Å². The maximum atomic E-state index is 12.8. The molecule has 36 heavy (non-hydrogen) atoms. The van der Waals surface area contributed by atoms with Crippen molar-refractivity contribution in [2.45, 2.75) is 40.5 Å². The Labute approximate surface area is 218 Å². The van der Waals surface area contributed by atoms with Gasteiger partial charge in [0.25, 0.3) is 5.91 Å². The molecule has 0 unspecified atom stereocenters. The van der Waals surface area contributed by atoms with Crippen LogP contribution in [0.1, 0.15) is 48.2 Å². The average Bonchev–Trinajstić information content (AvgIpc) is 2.85. The maximum Gasteiger partial charge on any atom is 0.255 e. The first-order valence-electron chi connectivity index (χ1n) is 11.9. The first-order valence-corrected chi connectivity index (χ1v) is 12.3. The zero-order valence-electron chi connectivity index (χ0n) is 21.2. The second kappa shape index (κ2) is 12.3. The second-order valence-corrected chi connectivity index (χ2v) is 9.82. The Kier molecular flexibility index (Phi) is 9.19. The van der Waals surface area contributed by atoms with E-state index in [0.717, 1.165) is 23.3 Å². The molecule has 0 heterocycles. The molecule has 0 aliphatic carbocycles. The molecule has 0 atom stereocenters. The van der Waals surface area contributed by atoms with Gasteiger partial charge in [-0.15, -0.1) is 0 Å². The Hall–Kier alpha value is -3.71. The van der Waals surface area contributed by atoms with Gasteiger partial charge in [-0.25, -0.2) is 0 Å². The van der Waals surface area contributed by atoms with E-state index in [9.17, 15) is 9.59 Å². The number of hydrogen-bond acceptors (Lipinski definition) is 4. The summed E-state index contributed by atoms with van der Waals surface area (Å²) in [6, 6.07) is 22.3. The van der Waals surface area contributed by atoms with Gasteiger partial charge >= 0.3 is 0 Å². The standard InChI is InChI=1S/C29H33N3O3S/c1-20-11-12-21(2)25(19-20)35-18-8-17-29(3,4)27(34)32-28(36)31-24-15-13-23(14-16-24)30-26(33)22-9-6-5-7-10-22/h5-7,9-16,19H,8,17-18H2,1-4H3,(H,30,33)(H2,31,32,34,36). The molecule has 3 N–H and O–H groups in total. The van der Waals surface area contributed by atoms with Crippen LogP contribution in [-0.2, 0) is 4.79 Å². The van der Waals surface area contributed by atoms with E-state index in [1.165, 1.54) is 0 Å². The van der Waals surface area contributed by atoms with Gasteiger partial charge in [0, 0.05) is 22.4 Å². The number of ether oxygens (including phenoxy) is 1. The fourth-order valence-electron chi connectivity index (χ4n) is 3.54. The Morgan fingerprint density at radius 1 is 0.889 bits per heavy atom. The first kappa shape index (κ1) is 26.9. The number of aryl methyl sites for hydroxylation is 2. The Balaban J connectivity index is 1.43. The lowest BCUT2D eigenvalue weighted by Gasteiger charge is -2.24. The number of anilines is 2. The van der Waals surface area contributed by atoms with E-state index in [-0.39, 0.29) is 16.9 Å². The Morgan fingerprint density at radius 3 is 2.19 bits per heavy atom. The maximum absolute atomic E-state index is 12.8. The third-order valence-corrected chi connectivity index (χ3v) is 6.03. The molecule has 0 bridgehead atoms. The summed E-state index contributed by atoms with van der Waals surface area (Å²) in [5.74, 6) is 0.549. The molecule has 0 saturated carbocycles. The molecule has 7 heteroatoms. The fraction of sp³-hybridized carbons (Fsp3) is 0.276. The molecular weight excluding hydrogens is 470 g/mol. The SMILES string of the molecule is Cc1ccc(C)c(OCCCC(C)(C)C(=O)NC(=S)Nc2ccc(NC(=O)c3ccccc3)cc2)c1. The second-order valence-electron chi connectivity index (χ2n) is 9.41. The van der Waals surface area contributed by atoms with E-state index in [0.29, 0.717) is 30.0 Å². The minimum atomic E-state index is -0.609. The molecule has 0 saturated heterocycles. The lowest BCUT2D eigenvalue weighted by atomic mass is 9.87. The summed E-state index contributed by atoms with van der Waals surface area (Å²) in [6.07, 6.45) is 1.40. The van der Waals surface area contributed by atoms with E-state index < -0.39 is 5.41 Å². The van der Waals surface area contributed by atoms with E-state index in [1.54, 1.807) is 36.4 Å². The first-order chi connectivity index (χ1) is 17.1. The van der Waals surface area contributed by atoms with Crippen LogP contribution in [0.25, 0.3) is 0 Å². The van der Waals surface area contributed by atoms with Crippen molar-refractivity contribution in [3.8, 4) is 5.75 Å². The molecule has 0 fully saturated rings. The third kappa shape index (κ3) is 7.92. The largest absolute Gasteiger partial charge is 0.493 e. The van der Waals surface area contributed by atoms with Crippen molar-refractivity contribution in [1.29, 1.82) is 0 Å². The summed E-state index contributed by atoms with van der Waals surface area (Å²) in [4.78, 5) is 25.1. The monoisotopic (exact) mass is 503 g/mol. The highest BCUT2D eigenvalue weighted by molar-refractivity contribution is 7.80. The van der Waals surface area contributed by atoms with Crippen LogP contribution in [0.2, 0.25) is 0 Å². The number of thiocarbonyl (C=S) groups is 1. The quantitative estimate of drug-likeness (QED) is 0.237. The fourth-order valence-corrected chi connectivity index (χ4v) is 3.75. The number of benzene rings is 3. The van der Waals surface area contributed by atoms with Crippen molar-refractivity contribution in [3.05, 3.63) is 89.5 Å². The van der Waals surface area contributed by atoms with Gasteiger partial charge in [-0.3, -0.25) is 9.59 Å². The Morgan fingerprint density at radius 2 is 1.53 bits per heavy atom. The molecule has 3 aromatic rings. The highest BCUT2D eigenvalue weighted by atomic mass is 32.1. The number of carbonyl (C=O) groups is 2. The van der Waals surface area contributed by atoms with Crippen molar-refractivity contribution >= 4 is 40.5 Å². The predicted molar refractivity (Wildman–Crippen MR) is 150 cm³/mol. The number of carbonyl (C=O) groups excluding carboxylic acids is 2. The predicted octanol–water partition coefficient (Wildman–Crippen LogP) is 6.25. The molecule has 0 aliphatic rings. The summed E-state index contributed by atoms with van der Waals surface area (Å²) in [5, 5.41) is 8.88. The molecule has 188 valence electrons. The molecule has 0 aromatic heterocycles. The molecule has 6 nitrogen and oxygen atoms in total. The van der Waals surface area contributed by atoms with Crippen LogP contribution in [-0.4, -0.2) is 23.5 Å². The molecule has 0 spiro atoms. The van der Waals surface area contributed by atoms with Crippen LogP contribution >= 0.6 is 12.2 Å². The highest BCUT2D eigenvalue weighted by Gasteiger charge is 2.27. The van der Waals surface area contributed by atoms with Gasteiger partial charge in [0.15, 0.2) is 5.11 Å². The van der Waals surface area contributed by atoms with Crippen LogP contribution in [0, 0.1) is 19.3 Å². The normalized spacial score (nSPS) is 10.9. The highest BCUT2D eigenvalue weighted by Crippen LogP contribution is 2.24. The zero-order valence-corrected chi connectivity index (χ0v) is 22.0. The van der Waals surface area contributed by atoms with Crippen molar-refractivity contribution in [2.75, 3.05) is 17.2 Å². The van der Waals surface area contributed by atoms with Crippen LogP contribution in [0.4, 0.5) is 11.4 Å². The summed E-state index contributed by atoms with van der Waals surface area (Å²) in [6.45, 7) is 8.39. The average molecular weight is 504 g/mol. The van der Waals surface area contributed by atoms with Gasteiger partial charge in [0.2, 0.25) is 5.91 Å². The van der Waals surface area contributed by atoms with Crippen LogP contribution in [0.3, 0.4) is 0 Å². The van der Waals surface area contributed by atoms with E-state index >= 15 is 0 Å². The van der Waals surface area contributed by atoms with Crippen molar-refractivity contribution in [2.24, 2.45) is 5.41 Å². The van der Waals surface area contributed by atoms with Crippen LogP contribution in [0.5, 0.6) is 5.75 Å². The van der Waals surface area contributed by atoms with E-state index in [2.05, 4.69) is 22.0 Å². The van der Waals surface area contributed by atoms with E-state index in [1.807, 2.05) is 58.0 Å². The number of rotatable bonds is 9. The molecule has 0 radical (unpaired) electrons. The summed E-state index contributed by atoms with van der Waals surface area (Å²) in [7, 11) is 0. The molecular formula is C29H33N3O3S. The minimum Gasteiger partial charge on any atom is -0.493 e. The zero-order chi connectivity index (χ0) is 26.1. The lowest BCUT2D eigenvalue weighted by molar-refractivity contribution is -0.128. The molecule has 3 aromatic carbocycles.